The van der Waals surface area contributed by atoms with Gasteiger partial charge in [0, 0.05) is 32.2 Å². The summed E-state index contributed by atoms with van der Waals surface area (Å²) in [6.07, 6.45) is 5.27. The third kappa shape index (κ3) is 3.31. The van der Waals surface area contributed by atoms with Crippen molar-refractivity contribution >= 4 is 15.8 Å². The van der Waals surface area contributed by atoms with E-state index in [1.54, 1.807) is 19.4 Å². The van der Waals surface area contributed by atoms with Crippen LogP contribution in [0.5, 0.6) is 0 Å². The fourth-order valence-electron chi connectivity index (χ4n) is 1.68. The third-order valence-corrected chi connectivity index (χ3v) is 4.77. The zero-order valence-electron chi connectivity index (χ0n) is 11.1. The minimum absolute atomic E-state index is 0.143. The average molecular weight is 292 g/mol. The van der Waals surface area contributed by atoms with Crippen molar-refractivity contribution in [3.05, 3.63) is 48.4 Å². The van der Waals surface area contributed by atoms with Crippen molar-refractivity contribution in [3.8, 4) is 0 Å². The van der Waals surface area contributed by atoms with Gasteiger partial charge in [0.2, 0.25) is 10.0 Å². The molecule has 0 unspecified atom stereocenters. The number of sulfonamides is 1. The van der Waals surface area contributed by atoms with Crippen LogP contribution in [0.4, 0.5) is 5.82 Å². The second-order valence-electron chi connectivity index (χ2n) is 4.35. The number of nitrogens with two attached hydrogens (primary N) is 1. The lowest BCUT2D eigenvalue weighted by atomic mass is 10.2. The highest BCUT2D eigenvalue weighted by atomic mass is 32.2. The summed E-state index contributed by atoms with van der Waals surface area (Å²) in [6.45, 7) is 0.386. The van der Waals surface area contributed by atoms with E-state index in [1.807, 2.05) is 12.1 Å². The maximum Gasteiger partial charge on any atom is 0.244 e. The average Bonchev–Trinajstić information content (AvgIpc) is 2.46. The zero-order chi connectivity index (χ0) is 14.6. The summed E-state index contributed by atoms with van der Waals surface area (Å²) < 4.78 is 25.9. The number of rotatable bonds is 5. The Labute approximate surface area is 118 Å². The molecule has 0 aromatic carbocycles. The minimum Gasteiger partial charge on any atom is -0.384 e. The summed E-state index contributed by atoms with van der Waals surface area (Å²) in [4.78, 5) is 7.88. The van der Waals surface area contributed by atoms with Crippen molar-refractivity contribution < 1.29 is 8.42 Å². The van der Waals surface area contributed by atoms with Gasteiger partial charge in [-0.1, -0.05) is 0 Å². The lowest BCUT2D eigenvalue weighted by molar-refractivity contribution is 0.472. The molecule has 2 aromatic heterocycles. The SMILES string of the molecule is CN(CCc1ccncc1)S(=O)(=O)c1ccc(N)nc1. The molecular weight excluding hydrogens is 276 g/mol. The van der Waals surface area contributed by atoms with E-state index in [1.165, 1.54) is 22.6 Å². The normalized spacial score (nSPS) is 11.7. The van der Waals surface area contributed by atoms with E-state index in [0.29, 0.717) is 18.8 Å². The van der Waals surface area contributed by atoms with E-state index < -0.39 is 10.0 Å². The van der Waals surface area contributed by atoms with Gasteiger partial charge in [0.25, 0.3) is 0 Å². The van der Waals surface area contributed by atoms with E-state index >= 15 is 0 Å². The zero-order valence-corrected chi connectivity index (χ0v) is 11.9. The first kappa shape index (κ1) is 14.4. The maximum absolute atomic E-state index is 12.3. The predicted molar refractivity (Wildman–Crippen MR) is 76.4 cm³/mol. The summed E-state index contributed by atoms with van der Waals surface area (Å²) >= 11 is 0. The number of pyridine rings is 2. The maximum atomic E-state index is 12.3. The molecule has 0 aliphatic rings. The van der Waals surface area contributed by atoms with Crippen molar-refractivity contribution in [1.82, 2.24) is 14.3 Å². The number of likely N-dealkylation sites (N-methyl/N-ethyl adjacent to an activating group) is 1. The van der Waals surface area contributed by atoms with Gasteiger partial charge in [0.05, 0.1) is 0 Å². The topological polar surface area (TPSA) is 89.2 Å². The van der Waals surface area contributed by atoms with Crippen LogP contribution in [0.25, 0.3) is 0 Å². The Morgan fingerprint density at radius 1 is 1.20 bits per heavy atom. The second-order valence-corrected chi connectivity index (χ2v) is 6.40. The number of hydrogen-bond donors (Lipinski definition) is 1. The predicted octanol–water partition coefficient (Wildman–Crippen LogP) is 0.922. The summed E-state index contributed by atoms with van der Waals surface area (Å²) in [5, 5.41) is 0. The molecule has 2 rings (SSSR count). The molecule has 20 heavy (non-hydrogen) atoms. The van der Waals surface area contributed by atoms with Gasteiger partial charge in [-0.3, -0.25) is 4.98 Å². The highest BCUT2D eigenvalue weighted by Gasteiger charge is 2.20. The van der Waals surface area contributed by atoms with Crippen LogP contribution in [0.15, 0.2) is 47.8 Å². The van der Waals surface area contributed by atoms with Crippen molar-refractivity contribution in [3.63, 3.8) is 0 Å². The first-order valence-electron chi connectivity index (χ1n) is 6.07. The molecule has 106 valence electrons. The van der Waals surface area contributed by atoms with Gasteiger partial charge in [-0.05, 0) is 36.2 Å². The van der Waals surface area contributed by atoms with Crippen molar-refractivity contribution in [2.24, 2.45) is 0 Å². The summed E-state index contributed by atoms with van der Waals surface area (Å²) in [6, 6.07) is 6.67. The molecular formula is C13H16N4O2S. The molecule has 7 heteroatoms. The second kappa shape index (κ2) is 5.98. The van der Waals surface area contributed by atoms with E-state index in [2.05, 4.69) is 9.97 Å². The Morgan fingerprint density at radius 3 is 2.50 bits per heavy atom. The minimum atomic E-state index is -3.53. The number of hydrogen-bond acceptors (Lipinski definition) is 5. The van der Waals surface area contributed by atoms with Gasteiger partial charge < -0.3 is 5.73 Å². The van der Waals surface area contributed by atoms with Crippen molar-refractivity contribution in [2.45, 2.75) is 11.3 Å². The Kier molecular flexibility index (Phi) is 4.31. The fraction of sp³-hybridized carbons (Fsp3) is 0.231. The molecule has 0 amide bonds. The van der Waals surface area contributed by atoms with E-state index in [9.17, 15) is 8.42 Å². The molecule has 0 saturated carbocycles. The smallest absolute Gasteiger partial charge is 0.244 e. The van der Waals surface area contributed by atoms with Crippen molar-refractivity contribution in [1.29, 1.82) is 0 Å². The van der Waals surface area contributed by atoms with Gasteiger partial charge in [0.1, 0.15) is 10.7 Å². The standard InChI is InChI=1S/C13H16N4O2S/c1-17(9-6-11-4-7-15-8-5-11)20(18,19)12-2-3-13(14)16-10-12/h2-5,7-8,10H,6,9H2,1H3,(H2,14,16). The molecule has 0 spiro atoms. The number of anilines is 1. The Balaban J connectivity index is 2.08. The molecule has 0 aliphatic carbocycles. The molecule has 0 atom stereocenters. The lowest BCUT2D eigenvalue weighted by Gasteiger charge is -2.17. The van der Waals surface area contributed by atoms with E-state index in [-0.39, 0.29) is 4.90 Å². The molecule has 2 heterocycles. The monoisotopic (exact) mass is 292 g/mol. The molecule has 0 aliphatic heterocycles. The molecule has 6 nitrogen and oxygen atoms in total. The Bertz CT molecular complexity index is 657. The van der Waals surface area contributed by atoms with Crippen LogP contribution >= 0.6 is 0 Å². The van der Waals surface area contributed by atoms with Gasteiger partial charge in [0.15, 0.2) is 0 Å². The summed E-state index contributed by atoms with van der Waals surface area (Å²) in [5.41, 5.74) is 6.49. The number of nitrogen functional groups attached to an aromatic ring is 1. The third-order valence-electron chi connectivity index (χ3n) is 2.93. The molecule has 0 bridgehead atoms. The lowest BCUT2D eigenvalue weighted by Crippen LogP contribution is -2.29. The summed E-state index contributed by atoms with van der Waals surface area (Å²) in [5.74, 6) is 0.295. The van der Waals surface area contributed by atoms with Crippen molar-refractivity contribution in [2.75, 3.05) is 19.3 Å². The number of aromatic nitrogens is 2. The van der Waals surface area contributed by atoms with Crippen LogP contribution in [0, 0.1) is 0 Å². The first-order valence-corrected chi connectivity index (χ1v) is 7.51. The van der Waals surface area contributed by atoms with Crippen LogP contribution in [-0.4, -0.2) is 36.3 Å². The largest absolute Gasteiger partial charge is 0.384 e. The van der Waals surface area contributed by atoms with Gasteiger partial charge in [-0.2, -0.15) is 0 Å². The highest BCUT2D eigenvalue weighted by molar-refractivity contribution is 7.89. The first-order chi connectivity index (χ1) is 9.50. The van der Waals surface area contributed by atoms with E-state index in [0.717, 1.165) is 5.56 Å². The van der Waals surface area contributed by atoms with Gasteiger partial charge in [-0.25, -0.2) is 17.7 Å². The summed E-state index contributed by atoms with van der Waals surface area (Å²) in [7, 11) is -1.98. The number of nitrogens with zero attached hydrogens (tertiary/aromatic N) is 3. The Hall–Kier alpha value is -1.99. The quantitative estimate of drug-likeness (QED) is 0.885. The molecule has 0 radical (unpaired) electrons. The van der Waals surface area contributed by atoms with Crippen LogP contribution in [-0.2, 0) is 16.4 Å². The molecule has 0 saturated heterocycles. The fourth-order valence-corrected chi connectivity index (χ4v) is 2.80. The van der Waals surface area contributed by atoms with Crippen LogP contribution in [0.2, 0.25) is 0 Å². The highest BCUT2D eigenvalue weighted by Crippen LogP contribution is 2.14. The molecule has 0 fully saturated rings. The van der Waals surface area contributed by atoms with Crippen LogP contribution < -0.4 is 5.73 Å². The van der Waals surface area contributed by atoms with E-state index in [4.69, 9.17) is 5.73 Å². The van der Waals surface area contributed by atoms with Crippen LogP contribution in [0.3, 0.4) is 0 Å². The molecule has 2 N–H and O–H groups in total. The van der Waals surface area contributed by atoms with Crippen LogP contribution in [0.1, 0.15) is 5.56 Å². The molecule has 2 aromatic rings. The van der Waals surface area contributed by atoms with Gasteiger partial charge >= 0.3 is 0 Å². The Morgan fingerprint density at radius 2 is 1.90 bits per heavy atom. The van der Waals surface area contributed by atoms with Gasteiger partial charge in [-0.15, -0.1) is 0 Å².